The van der Waals surface area contributed by atoms with E-state index >= 15 is 0 Å². The maximum atomic E-state index is 11.6. The molecule has 0 spiro atoms. The minimum Gasteiger partial charge on any atom is -0.492 e. The van der Waals surface area contributed by atoms with E-state index in [4.69, 9.17) is 9.47 Å². The summed E-state index contributed by atoms with van der Waals surface area (Å²) in [5.41, 5.74) is 2.29. The van der Waals surface area contributed by atoms with Gasteiger partial charge in [-0.15, -0.1) is 0 Å². The van der Waals surface area contributed by atoms with Crippen molar-refractivity contribution >= 4 is 6.09 Å². The standard InChI is InChI=1S/C20H25NO3/c1-2-3-7-17-10-12-19(13-11-17)23-15-14-21-20(22)24-16-18-8-5-4-6-9-18/h4-6,8-13H,2-3,7,14-16H2,1H3,(H,21,22). The Morgan fingerprint density at radius 3 is 2.46 bits per heavy atom. The van der Waals surface area contributed by atoms with Crippen molar-refractivity contribution in [2.75, 3.05) is 13.2 Å². The number of ether oxygens (including phenoxy) is 2. The van der Waals surface area contributed by atoms with Crippen molar-refractivity contribution in [2.24, 2.45) is 0 Å². The van der Waals surface area contributed by atoms with Gasteiger partial charge in [-0.2, -0.15) is 0 Å². The largest absolute Gasteiger partial charge is 0.492 e. The first kappa shape index (κ1) is 17.9. The van der Waals surface area contributed by atoms with Crippen LogP contribution in [0.1, 0.15) is 30.9 Å². The van der Waals surface area contributed by atoms with Crippen molar-refractivity contribution in [3.63, 3.8) is 0 Å². The fourth-order valence-corrected chi connectivity index (χ4v) is 2.23. The van der Waals surface area contributed by atoms with Gasteiger partial charge in [-0.25, -0.2) is 4.79 Å². The van der Waals surface area contributed by atoms with Gasteiger partial charge in [-0.1, -0.05) is 55.8 Å². The highest BCUT2D eigenvalue weighted by Gasteiger charge is 2.02. The molecule has 0 heterocycles. The van der Waals surface area contributed by atoms with Crippen molar-refractivity contribution < 1.29 is 14.3 Å². The summed E-state index contributed by atoms with van der Waals surface area (Å²) in [6.45, 7) is 3.28. The maximum absolute atomic E-state index is 11.6. The van der Waals surface area contributed by atoms with E-state index in [9.17, 15) is 4.79 Å². The minimum atomic E-state index is -0.433. The third kappa shape index (κ3) is 6.73. The van der Waals surface area contributed by atoms with Gasteiger partial charge in [0.25, 0.3) is 0 Å². The normalized spacial score (nSPS) is 10.2. The zero-order chi connectivity index (χ0) is 17.0. The molecular weight excluding hydrogens is 302 g/mol. The Balaban J connectivity index is 1.59. The van der Waals surface area contributed by atoms with Gasteiger partial charge < -0.3 is 14.8 Å². The van der Waals surface area contributed by atoms with Gasteiger partial charge in [-0.3, -0.25) is 0 Å². The van der Waals surface area contributed by atoms with Crippen LogP contribution in [0.4, 0.5) is 4.79 Å². The van der Waals surface area contributed by atoms with E-state index in [1.807, 2.05) is 42.5 Å². The number of hydrogen-bond acceptors (Lipinski definition) is 3. The summed E-state index contributed by atoms with van der Waals surface area (Å²) in [6, 6.07) is 17.7. The van der Waals surface area contributed by atoms with Crippen LogP contribution in [0, 0.1) is 0 Å². The summed E-state index contributed by atoms with van der Waals surface area (Å²) in [5.74, 6) is 0.815. The lowest BCUT2D eigenvalue weighted by molar-refractivity contribution is 0.137. The average molecular weight is 327 g/mol. The molecule has 0 aliphatic heterocycles. The predicted molar refractivity (Wildman–Crippen MR) is 95.2 cm³/mol. The van der Waals surface area contributed by atoms with Crippen LogP contribution < -0.4 is 10.1 Å². The molecule has 0 fully saturated rings. The Hall–Kier alpha value is -2.49. The van der Waals surface area contributed by atoms with E-state index in [0.717, 1.165) is 17.7 Å². The van der Waals surface area contributed by atoms with Crippen molar-refractivity contribution in [1.82, 2.24) is 5.32 Å². The Morgan fingerprint density at radius 2 is 1.75 bits per heavy atom. The fraction of sp³-hybridized carbons (Fsp3) is 0.350. The number of nitrogens with one attached hydrogen (secondary N) is 1. The summed E-state index contributed by atoms with van der Waals surface area (Å²) in [6.07, 6.45) is 3.07. The van der Waals surface area contributed by atoms with Crippen molar-refractivity contribution in [2.45, 2.75) is 32.8 Å². The Labute approximate surface area is 143 Å². The molecule has 0 unspecified atom stereocenters. The molecule has 0 saturated heterocycles. The molecule has 0 atom stereocenters. The van der Waals surface area contributed by atoms with Crippen LogP contribution in [-0.4, -0.2) is 19.2 Å². The molecule has 128 valence electrons. The molecule has 0 saturated carbocycles. The van der Waals surface area contributed by atoms with Crippen LogP contribution in [0.2, 0.25) is 0 Å². The summed E-state index contributed by atoms with van der Waals surface area (Å²) < 4.78 is 10.7. The second-order valence-corrected chi connectivity index (χ2v) is 5.58. The molecule has 2 aromatic rings. The van der Waals surface area contributed by atoms with Crippen LogP contribution in [0.5, 0.6) is 5.75 Å². The topological polar surface area (TPSA) is 47.6 Å². The lowest BCUT2D eigenvalue weighted by Gasteiger charge is -2.09. The Kier molecular flexibility index (Phi) is 7.68. The number of carbonyl (C=O) groups excluding carboxylic acids is 1. The van der Waals surface area contributed by atoms with Gasteiger partial charge in [0, 0.05) is 0 Å². The molecule has 1 amide bonds. The fourth-order valence-electron chi connectivity index (χ4n) is 2.23. The zero-order valence-electron chi connectivity index (χ0n) is 14.2. The van der Waals surface area contributed by atoms with Crippen LogP contribution in [-0.2, 0) is 17.8 Å². The highest BCUT2D eigenvalue weighted by molar-refractivity contribution is 5.67. The lowest BCUT2D eigenvalue weighted by Crippen LogP contribution is -2.28. The molecule has 0 bridgehead atoms. The molecule has 4 heteroatoms. The average Bonchev–Trinajstić information content (AvgIpc) is 2.63. The monoisotopic (exact) mass is 327 g/mol. The van der Waals surface area contributed by atoms with E-state index < -0.39 is 6.09 Å². The maximum Gasteiger partial charge on any atom is 0.407 e. The number of aryl methyl sites for hydroxylation is 1. The van der Waals surface area contributed by atoms with Gasteiger partial charge in [-0.05, 0) is 36.1 Å². The number of rotatable bonds is 9. The molecule has 0 aromatic heterocycles. The Bertz CT molecular complexity index is 596. The molecule has 0 aliphatic carbocycles. The van der Waals surface area contributed by atoms with Gasteiger partial charge >= 0.3 is 6.09 Å². The number of benzene rings is 2. The lowest BCUT2D eigenvalue weighted by atomic mass is 10.1. The molecule has 0 aliphatic rings. The van der Waals surface area contributed by atoms with Crippen LogP contribution >= 0.6 is 0 Å². The van der Waals surface area contributed by atoms with E-state index in [1.54, 1.807) is 0 Å². The van der Waals surface area contributed by atoms with E-state index in [-0.39, 0.29) is 6.61 Å². The Morgan fingerprint density at radius 1 is 1.00 bits per heavy atom. The second kappa shape index (κ2) is 10.3. The number of hydrogen-bond donors (Lipinski definition) is 1. The first-order valence-electron chi connectivity index (χ1n) is 8.44. The van der Waals surface area contributed by atoms with Crippen molar-refractivity contribution in [3.8, 4) is 5.75 Å². The molecule has 2 rings (SSSR count). The third-order valence-corrected chi connectivity index (χ3v) is 3.60. The molecule has 0 radical (unpaired) electrons. The number of carbonyl (C=O) groups is 1. The smallest absolute Gasteiger partial charge is 0.407 e. The van der Waals surface area contributed by atoms with Crippen molar-refractivity contribution in [3.05, 3.63) is 65.7 Å². The molecule has 4 nitrogen and oxygen atoms in total. The minimum absolute atomic E-state index is 0.271. The number of unbranched alkanes of at least 4 members (excludes halogenated alkanes) is 1. The highest BCUT2D eigenvalue weighted by Crippen LogP contribution is 2.13. The van der Waals surface area contributed by atoms with Crippen LogP contribution in [0.15, 0.2) is 54.6 Å². The highest BCUT2D eigenvalue weighted by atomic mass is 16.5. The molecule has 24 heavy (non-hydrogen) atoms. The van der Waals surface area contributed by atoms with Crippen LogP contribution in [0.3, 0.4) is 0 Å². The zero-order valence-corrected chi connectivity index (χ0v) is 14.2. The number of amides is 1. The van der Waals surface area contributed by atoms with Gasteiger partial charge in [0.2, 0.25) is 0 Å². The van der Waals surface area contributed by atoms with Gasteiger partial charge in [0.05, 0.1) is 6.54 Å². The van der Waals surface area contributed by atoms with Gasteiger partial charge in [0.15, 0.2) is 0 Å². The van der Waals surface area contributed by atoms with Crippen LogP contribution in [0.25, 0.3) is 0 Å². The first-order valence-corrected chi connectivity index (χ1v) is 8.44. The summed E-state index contributed by atoms with van der Waals surface area (Å²) in [4.78, 5) is 11.6. The van der Waals surface area contributed by atoms with Crippen molar-refractivity contribution in [1.29, 1.82) is 0 Å². The number of alkyl carbamates (subject to hydrolysis) is 1. The van der Waals surface area contributed by atoms with E-state index in [2.05, 4.69) is 24.4 Å². The SMILES string of the molecule is CCCCc1ccc(OCCNC(=O)OCc2ccccc2)cc1. The van der Waals surface area contributed by atoms with Gasteiger partial charge in [0.1, 0.15) is 19.0 Å². The first-order chi connectivity index (χ1) is 11.8. The summed E-state index contributed by atoms with van der Waals surface area (Å²) in [5, 5.41) is 2.68. The molecule has 1 N–H and O–H groups in total. The van der Waals surface area contributed by atoms with E-state index in [0.29, 0.717) is 13.2 Å². The second-order valence-electron chi connectivity index (χ2n) is 5.58. The third-order valence-electron chi connectivity index (χ3n) is 3.60. The quantitative estimate of drug-likeness (QED) is 0.697. The summed E-state index contributed by atoms with van der Waals surface area (Å²) in [7, 11) is 0. The summed E-state index contributed by atoms with van der Waals surface area (Å²) >= 11 is 0. The van der Waals surface area contributed by atoms with E-state index in [1.165, 1.54) is 18.4 Å². The predicted octanol–water partition coefficient (Wildman–Crippen LogP) is 4.33. The molecule has 2 aromatic carbocycles. The molecular formula is C20H25NO3.